The lowest BCUT2D eigenvalue weighted by molar-refractivity contribution is -0.118. The molecule has 0 fully saturated rings. The lowest BCUT2D eigenvalue weighted by atomic mass is 9.77. The minimum Gasteiger partial charge on any atom is -0.294 e. The summed E-state index contributed by atoms with van der Waals surface area (Å²) in [5.41, 5.74) is 3.40. The van der Waals surface area contributed by atoms with Gasteiger partial charge >= 0.3 is 0 Å². The van der Waals surface area contributed by atoms with E-state index < -0.39 is 10.7 Å². The van der Waals surface area contributed by atoms with E-state index in [4.69, 9.17) is 0 Å². The van der Waals surface area contributed by atoms with Crippen LogP contribution in [0, 0.1) is 5.92 Å². The first-order valence-corrected chi connectivity index (χ1v) is 10.8. The van der Waals surface area contributed by atoms with Crippen LogP contribution in [0.15, 0.2) is 115 Å². The first-order chi connectivity index (χ1) is 14.7. The van der Waals surface area contributed by atoms with Gasteiger partial charge in [-0.1, -0.05) is 125 Å². The van der Waals surface area contributed by atoms with Crippen LogP contribution in [-0.2, 0) is 4.79 Å². The van der Waals surface area contributed by atoms with Gasteiger partial charge in [0.1, 0.15) is 0 Å². The Balaban J connectivity index is 1.68. The maximum Gasteiger partial charge on any atom is 0.177 e. The topological polar surface area (TPSA) is 34.1 Å². The zero-order chi connectivity index (χ0) is 20.9. The number of ketones is 2. The van der Waals surface area contributed by atoms with Crippen molar-refractivity contribution in [3.63, 3.8) is 0 Å². The van der Waals surface area contributed by atoms with E-state index in [0.29, 0.717) is 11.1 Å². The van der Waals surface area contributed by atoms with Gasteiger partial charge in [0, 0.05) is 17.1 Å². The second kappa shape index (κ2) is 9.19. The van der Waals surface area contributed by atoms with Crippen LogP contribution in [0.1, 0.15) is 27.4 Å². The third-order valence-electron chi connectivity index (χ3n) is 5.38. The summed E-state index contributed by atoms with van der Waals surface area (Å²) in [6.07, 6.45) is 5.60. The van der Waals surface area contributed by atoms with Crippen molar-refractivity contribution in [3.05, 3.63) is 131 Å². The van der Waals surface area contributed by atoms with Crippen molar-refractivity contribution in [1.29, 1.82) is 0 Å². The molecule has 148 valence electrons. The SMILES string of the molecule is O=C(c1ccccc1)C(Br)C1C=CC=C(C(c2ccccc2)c2ccccc2)C1=O. The summed E-state index contributed by atoms with van der Waals surface area (Å²) in [5, 5.41) is 0. The summed E-state index contributed by atoms with van der Waals surface area (Å²) in [4.78, 5) is 25.9. The zero-order valence-electron chi connectivity index (χ0n) is 16.3. The minimum atomic E-state index is -0.612. The van der Waals surface area contributed by atoms with E-state index >= 15 is 0 Å². The molecule has 0 saturated carbocycles. The van der Waals surface area contributed by atoms with Gasteiger partial charge in [-0.15, -0.1) is 0 Å². The molecule has 0 N–H and O–H groups in total. The maximum atomic E-state index is 13.6. The zero-order valence-corrected chi connectivity index (χ0v) is 17.9. The molecule has 0 spiro atoms. The summed E-state index contributed by atoms with van der Waals surface area (Å²) in [5.74, 6) is -0.844. The molecule has 0 aliphatic heterocycles. The fourth-order valence-electron chi connectivity index (χ4n) is 3.88. The number of carbonyl (C=O) groups excluding carboxylic acids is 2. The van der Waals surface area contributed by atoms with Crippen molar-refractivity contribution in [3.8, 4) is 0 Å². The van der Waals surface area contributed by atoms with E-state index in [0.717, 1.165) is 11.1 Å². The molecule has 0 heterocycles. The number of rotatable bonds is 6. The Morgan fingerprint density at radius 1 is 0.767 bits per heavy atom. The van der Waals surface area contributed by atoms with E-state index in [2.05, 4.69) is 15.9 Å². The highest BCUT2D eigenvalue weighted by Gasteiger charge is 2.36. The number of hydrogen-bond donors (Lipinski definition) is 0. The molecule has 3 aromatic rings. The first-order valence-electron chi connectivity index (χ1n) is 9.92. The largest absolute Gasteiger partial charge is 0.294 e. The number of carbonyl (C=O) groups is 2. The molecule has 1 aliphatic carbocycles. The minimum absolute atomic E-state index is 0.0265. The van der Waals surface area contributed by atoms with Gasteiger partial charge in [-0.05, 0) is 11.1 Å². The molecular formula is C27H21BrO2. The molecule has 1 aliphatic rings. The molecule has 0 radical (unpaired) electrons. The molecule has 30 heavy (non-hydrogen) atoms. The fourth-order valence-corrected chi connectivity index (χ4v) is 4.56. The third-order valence-corrected chi connectivity index (χ3v) is 6.37. The van der Waals surface area contributed by atoms with Crippen molar-refractivity contribution in [1.82, 2.24) is 0 Å². The summed E-state index contributed by atoms with van der Waals surface area (Å²) in [6, 6.07) is 29.1. The van der Waals surface area contributed by atoms with Crippen LogP contribution >= 0.6 is 15.9 Å². The van der Waals surface area contributed by atoms with E-state index in [1.165, 1.54) is 0 Å². The highest BCUT2D eigenvalue weighted by Crippen LogP contribution is 2.37. The van der Waals surface area contributed by atoms with Crippen molar-refractivity contribution < 1.29 is 9.59 Å². The van der Waals surface area contributed by atoms with Gasteiger partial charge in [0.05, 0.1) is 10.7 Å². The van der Waals surface area contributed by atoms with Crippen molar-refractivity contribution in [2.45, 2.75) is 10.7 Å². The molecule has 4 rings (SSSR count). The maximum absolute atomic E-state index is 13.6. The molecule has 3 aromatic carbocycles. The van der Waals surface area contributed by atoms with E-state index in [-0.39, 0.29) is 17.5 Å². The highest BCUT2D eigenvalue weighted by atomic mass is 79.9. The number of hydrogen-bond acceptors (Lipinski definition) is 2. The molecule has 3 heteroatoms. The van der Waals surface area contributed by atoms with E-state index in [1.54, 1.807) is 12.1 Å². The van der Waals surface area contributed by atoms with Crippen LogP contribution in [-0.4, -0.2) is 16.4 Å². The quantitative estimate of drug-likeness (QED) is 0.329. The molecule has 2 nitrogen and oxygen atoms in total. The highest BCUT2D eigenvalue weighted by molar-refractivity contribution is 9.10. The van der Waals surface area contributed by atoms with Crippen LogP contribution in [0.3, 0.4) is 0 Å². The molecule has 0 amide bonds. The number of Topliss-reactive ketones (excluding diaryl/α,β-unsaturated/α-hetero) is 2. The molecular weight excluding hydrogens is 436 g/mol. The van der Waals surface area contributed by atoms with Crippen LogP contribution < -0.4 is 0 Å². The second-order valence-electron chi connectivity index (χ2n) is 7.28. The van der Waals surface area contributed by atoms with Gasteiger partial charge in [0.15, 0.2) is 11.6 Å². The molecule has 0 bridgehead atoms. The Hall–Kier alpha value is -3.04. The molecule has 0 saturated heterocycles. The van der Waals surface area contributed by atoms with Crippen LogP contribution in [0.25, 0.3) is 0 Å². The predicted octanol–water partition coefficient (Wildman–Crippen LogP) is 6.15. The first kappa shape index (κ1) is 20.2. The van der Waals surface area contributed by atoms with Gasteiger partial charge in [-0.2, -0.15) is 0 Å². The summed E-state index contributed by atoms with van der Waals surface area (Å²) < 4.78 is 0. The van der Waals surface area contributed by atoms with Gasteiger partial charge in [-0.3, -0.25) is 9.59 Å². The van der Waals surface area contributed by atoms with Gasteiger partial charge in [0.2, 0.25) is 0 Å². The lowest BCUT2D eigenvalue weighted by Gasteiger charge is -2.27. The fraction of sp³-hybridized carbons (Fsp3) is 0.111. The number of benzene rings is 3. The number of halogens is 1. The van der Waals surface area contributed by atoms with Crippen molar-refractivity contribution in [2.24, 2.45) is 5.92 Å². The van der Waals surface area contributed by atoms with Gasteiger partial charge < -0.3 is 0 Å². The average Bonchev–Trinajstić information content (AvgIpc) is 2.81. The monoisotopic (exact) mass is 456 g/mol. The summed E-state index contributed by atoms with van der Waals surface area (Å²) >= 11 is 3.52. The molecule has 0 aromatic heterocycles. The van der Waals surface area contributed by atoms with Crippen molar-refractivity contribution >= 4 is 27.5 Å². The number of alkyl halides is 1. The predicted molar refractivity (Wildman–Crippen MR) is 124 cm³/mol. The average molecular weight is 457 g/mol. The normalized spacial score (nSPS) is 16.9. The molecule has 2 unspecified atom stereocenters. The Morgan fingerprint density at radius 2 is 1.27 bits per heavy atom. The Kier molecular flexibility index (Phi) is 6.20. The second-order valence-corrected chi connectivity index (χ2v) is 8.27. The van der Waals surface area contributed by atoms with Gasteiger partial charge in [0.25, 0.3) is 0 Å². The van der Waals surface area contributed by atoms with Crippen LogP contribution in [0.5, 0.6) is 0 Å². The molecule has 2 atom stereocenters. The van der Waals surface area contributed by atoms with Gasteiger partial charge in [-0.25, -0.2) is 0 Å². The lowest BCUT2D eigenvalue weighted by Crippen LogP contribution is -2.33. The van der Waals surface area contributed by atoms with Crippen LogP contribution in [0.4, 0.5) is 0 Å². The third kappa shape index (κ3) is 4.12. The smallest absolute Gasteiger partial charge is 0.177 e. The summed E-state index contributed by atoms with van der Waals surface area (Å²) in [7, 11) is 0. The van der Waals surface area contributed by atoms with E-state index in [1.807, 2.05) is 97.1 Å². The number of allylic oxidation sites excluding steroid dienone is 4. The van der Waals surface area contributed by atoms with Crippen LogP contribution in [0.2, 0.25) is 0 Å². The van der Waals surface area contributed by atoms with Crippen molar-refractivity contribution in [2.75, 3.05) is 0 Å². The van der Waals surface area contributed by atoms with E-state index in [9.17, 15) is 9.59 Å². The standard InChI is InChI=1S/C27H21BrO2/c28-25(26(29)21-15-8-3-9-16-21)23-18-10-17-22(27(23)30)24(19-11-4-1-5-12-19)20-13-6-2-7-14-20/h1-18,23-25H. The Bertz CT molecular complexity index is 1050. The summed E-state index contributed by atoms with van der Waals surface area (Å²) in [6.45, 7) is 0. The Morgan fingerprint density at radius 3 is 1.80 bits per heavy atom. The Labute approximate surface area is 185 Å².